The summed E-state index contributed by atoms with van der Waals surface area (Å²) < 4.78 is 5.92. The highest BCUT2D eigenvalue weighted by Crippen LogP contribution is 2.45. The summed E-state index contributed by atoms with van der Waals surface area (Å²) in [7, 11) is 0. The van der Waals surface area contributed by atoms with Gasteiger partial charge in [0.2, 0.25) is 6.08 Å². The molecule has 1 aromatic carbocycles. The molecule has 0 aliphatic heterocycles. The van der Waals surface area contributed by atoms with E-state index < -0.39 is 5.54 Å². The van der Waals surface area contributed by atoms with Gasteiger partial charge in [-0.15, -0.1) is 0 Å². The number of nitrogens with zero attached hydrogens (tertiary/aromatic N) is 1. The first kappa shape index (κ1) is 11.4. The highest BCUT2D eigenvalue weighted by Gasteiger charge is 2.37. The van der Waals surface area contributed by atoms with Gasteiger partial charge >= 0.3 is 4.94 Å². The molecule has 0 spiro atoms. The molecular weight excluding hydrogens is 250 g/mol. The zero-order valence-electron chi connectivity index (χ0n) is 9.64. The zero-order valence-corrected chi connectivity index (χ0v) is 10.5. The van der Waals surface area contributed by atoms with E-state index >= 15 is 0 Å². The smallest absolute Gasteiger partial charge is 0.396 e. The summed E-state index contributed by atoms with van der Waals surface area (Å²) in [5.41, 5.74) is 1.00. The molecule has 1 fully saturated rings. The molecule has 0 bridgehead atoms. The van der Waals surface area contributed by atoms with Crippen molar-refractivity contribution < 1.29 is 9.21 Å². The van der Waals surface area contributed by atoms with Gasteiger partial charge in [0.1, 0.15) is 5.58 Å². The average molecular weight is 261 g/mol. The number of carbonyl (C=O) groups excluding carboxylic acids is 1. The lowest BCUT2D eigenvalue weighted by Gasteiger charge is -2.22. The van der Waals surface area contributed by atoms with Crippen molar-refractivity contribution in [3.05, 3.63) is 33.5 Å². The second-order valence-corrected chi connectivity index (χ2v) is 5.47. The molecule has 1 aliphatic carbocycles. The minimum absolute atomic E-state index is 0.319. The maximum absolute atomic E-state index is 11.4. The molecule has 4 nitrogen and oxygen atoms in total. The van der Waals surface area contributed by atoms with Crippen molar-refractivity contribution in [2.45, 2.75) is 31.2 Å². The summed E-state index contributed by atoms with van der Waals surface area (Å²) in [6.45, 7) is 0. The first-order valence-corrected chi connectivity index (χ1v) is 6.69. The van der Waals surface area contributed by atoms with Crippen LogP contribution in [0.4, 0.5) is 0 Å². The molecule has 0 unspecified atom stereocenters. The predicted octanol–water partition coefficient (Wildman–Crippen LogP) is 2.96. The van der Waals surface area contributed by atoms with Crippen molar-refractivity contribution in [2.24, 2.45) is 4.99 Å². The summed E-state index contributed by atoms with van der Waals surface area (Å²) in [6.07, 6.45) is 5.42. The molecule has 92 valence electrons. The SMILES string of the molecule is O=C=NC1(c2cccc3oc(=O)sc23)CCCC1. The minimum Gasteiger partial charge on any atom is -0.414 e. The van der Waals surface area contributed by atoms with Gasteiger partial charge < -0.3 is 4.42 Å². The van der Waals surface area contributed by atoms with Crippen LogP contribution in [-0.4, -0.2) is 6.08 Å². The Balaban J connectivity index is 2.29. The van der Waals surface area contributed by atoms with E-state index in [0.29, 0.717) is 5.58 Å². The molecule has 0 amide bonds. The zero-order chi connectivity index (χ0) is 12.6. The molecular formula is C13H11NO3S. The van der Waals surface area contributed by atoms with E-state index in [1.165, 1.54) is 0 Å². The van der Waals surface area contributed by atoms with E-state index in [2.05, 4.69) is 4.99 Å². The van der Waals surface area contributed by atoms with Crippen LogP contribution in [-0.2, 0) is 10.3 Å². The summed E-state index contributed by atoms with van der Waals surface area (Å²) in [5, 5.41) is 0. The molecule has 0 saturated heterocycles. The molecule has 18 heavy (non-hydrogen) atoms. The van der Waals surface area contributed by atoms with E-state index in [4.69, 9.17) is 4.42 Å². The maximum Gasteiger partial charge on any atom is 0.396 e. The Morgan fingerprint density at radius 1 is 1.33 bits per heavy atom. The summed E-state index contributed by atoms with van der Waals surface area (Å²) in [4.78, 5) is 25.8. The van der Waals surface area contributed by atoms with Crippen molar-refractivity contribution in [1.29, 1.82) is 0 Å². The molecule has 0 N–H and O–H groups in total. The predicted molar refractivity (Wildman–Crippen MR) is 68.6 cm³/mol. The number of hydrogen-bond acceptors (Lipinski definition) is 5. The fraction of sp³-hybridized carbons (Fsp3) is 0.385. The van der Waals surface area contributed by atoms with Crippen LogP contribution in [0, 0.1) is 0 Å². The molecule has 3 rings (SSSR count). The number of rotatable bonds is 2. The Hall–Kier alpha value is -1.71. The third kappa shape index (κ3) is 1.64. The lowest BCUT2D eigenvalue weighted by atomic mass is 9.89. The molecule has 2 aromatic rings. The fourth-order valence-corrected chi connectivity index (χ4v) is 3.63. The first-order chi connectivity index (χ1) is 8.75. The minimum atomic E-state index is -0.506. The average Bonchev–Trinajstić information content (AvgIpc) is 2.94. The molecule has 1 heterocycles. The fourth-order valence-electron chi connectivity index (χ4n) is 2.75. The molecule has 0 radical (unpaired) electrons. The molecule has 0 atom stereocenters. The normalized spacial score (nSPS) is 17.8. The van der Waals surface area contributed by atoms with Crippen LogP contribution in [0.25, 0.3) is 10.3 Å². The Bertz CT molecular complexity index is 688. The summed E-state index contributed by atoms with van der Waals surface area (Å²) in [5.74, 6) is 0. The second kappa shape index (κ2) is 4.19. The highest BCUT2D eigenvalue weighted by atomic mass is 32.1. The van der Waals surface area contributed by atoms with Gasteiger partial charge in [-0.2, -0.15) is 4.99 Å². The monoisotopic (exact) mass is 261 g/mol. The van der Waals surface area contributed by atoms with Gasteiger partial charge in [-0.25, -0.2) is 9.59 Å². The Kier molecular flexibility index (Phi) is 2.65. The molecule has 1 aliphatic rings. The molecule has 5 heteroatoms. The standard InChI is InChI=1S/C13H11NO3S/c15-8-14-13(6-1-2-7-13)9-4-3-5-10-11(9)18-12(16)17-10/h3-5H,1-2,6-7H2. The van der Waals surface area contributed by atoms with E-state index in [-0.39, 0.29) is 4.94 Å². The lowest BCUT2D eigenvalue weighted by molar-refractivity contribution is 0.459. The topological polar surface area (TPSA) is 59.6 Å². The van der Waals surface area contributed by atoms with Gasteiger partial charge in [-0.3, -0.25) is 0 Å². The van der Waals surface area contributed by atoms with Crippen LogP contribution in [0.2, 0.25) is 0 Å². The third-order valence-corrected chi connectivity index (χ3v) is 4.42. The lowest BCUT2D eigenvalue weighted by Crippen LogP contribution is -2.18. The van der Waals surface area contributed by atoms with Gasteiger partial charge in [0.25, 0.3) is 0 Å². The van der Waals surface area contributed by atoms with Crippen LogP contribution in [0.3, 0.4) is 0 Å². The Labute approximate surface area is 107 Å². The van der Waals surface area contributed by atoms with Gasteiger partial charge in [0.15, 0.2) is 0 Å². The Morgan fingerprint density at radius 3 is 2.83 bits per heavy atom. The van der Waals surface area contributed by atoms with E-state index in [1.54, 1.807) is 12.1 Å². The number of isocyanates is 1. The molecule has 1 aromatic heterocycles. The van der Waals surface area contributed by atoms with Gasteiger partial charge in [0.05, 0.1) is 10.2 Å². The van der Waals surface area contributed by atoms with E-state index in [0.717, 1.165) is 47.3 Å². The van der Waals surface area contributed by atoms with Crippen LogP contribution < -0.4 is 4.94 Å². The Morgan fingerprint density at radius 2 is 2.11 bits per heavy atom. The van der Waals surface area contributed by atoms with Crippen LogP contribution in [0.15, 0.2) is 32.4 Å². The van der Waals surface area contributed by atoms with Crippen LogP contribution >= 0.6 is 11.3 Å². The van der Waals surface area contributed by atoms with Crippen molar-refractivity contribution in [2.75, 3.05) is 0 Å². The maximum atomic E-state index is 11.4. The number of aliphatic imine (C=N–C) groups is 1. The number of benzene rings is 1. The van der Waals surface area contributed by atoms with Gasteiger partial charge in [0, 0.05) is 5.56 Å². The number of hydrogen-bond donors (Lipinski definition) is 0. The van der Waals surface area contributed by atoms with Gasteiger partial charge in [-0.05, 0) is 18.9 Å². The highest BCUT2D eigenvalue weighted by molar-refractivity contribution is 7.16. The van der Waals surface area contributed by atoms with Crippen molar-refractivity contribution in [3.63, 3.8) is 0 Å². The van der Waals surface area contributed by atoms with Crippen molar-refractivity contribution in [3.8, 4) is 0 Å². The van der Waals surface area contributed by atoms with E-state index in [1.807, 2.05) is 12.1 Å². The summed E-state index contributed by atoms with van der Waals surface area (Å²) in [6, 6.07) is 5.54. The largest absolute Gasteiger partial charge is 0.414 e. The van der Waals surface area contributed by atoms with Gasteiger partial charge in [-0.1, -0.05) is 36.3 Å². The molecule has 1 saturated carbocycles. The van der Waals surface area contributed by atoms with Crippen LogP contribution in [0.5, 0.6) is 0 Å². The van der Waals surface area contributed by atoms with Crippen molar-refractivity contribution >= 4 is 27.7 Å². The summed E-state index contributed by atoms with van der Waals surface area (Å²) >= 11 is 1.08. The van der Waals surface area contributed by atoms with E-state index in [9.17, 15) is 9.59 Å². The second-order valence-electron chi connectivity index (χ2n) is 4.53. The van der Waals surface area contributed by atoms with Crippen molar-refractivity contribution in [1.82, 2.24) is 0 Å². The quantitative estimate of drug-likeness (QED) is 0.616. The van der Waals surface area contributed by atoms with Crippen LogP contribution in [0.1, 0.15) is 31.2 Å². The number of fused-ring (bicyclic) bond motifs is 1. The first-order valence-electron chi connectivity index (χ1n) is 5.87. The third-order valence-electron chi connectivity index (χ3n) is 3.55.